The molecule has 0 bridgehead atoms. The molecule has 0 atom stereocenters. The maximum absolute atomic E-state index is 12.5. The van der Waals surface area contributed by atoms with Gasteiger partial charge in [0.1, 0.15) is 10.6 Å². The fourth-order valence-corrected chi connectivity index (χ4v) is 3.60. The van der Waals surface area contributed by atoms with Crippen molar-refractivity contribution >= 4 is 39.9 Å². The Morgan fingerprint density at radius 3 is 2.79 bits per heavy atom. The van der Waals surface area contributed by atoms with E-state index in [0.29, 0.717) is 5.13 Å². The third-order valence-corrected chi connectivity index (χ3v) is 5.09. The van der Waals surface area contributed by atoms with Crippen LogP contribution in [0.25, 0.3) is 0 Å². The molecule has 0 aliphatic carbocycles. The summed E-state index contributed by atoms with van der Waals surface area (Å²) in [4.78, 5) is 48.2. The van der Waals surface area contributed by atoms with E-state index in [4.69, 9.17) is 0 Å². The minimum absolute atomic E-state index is 0.0238. The number of carbonyl (C=O) groups is 3. The third kappa shape index (κ3) is 3.88. The largest absolute Gasteiger partial charge is 0.300 e. The van der Waals surface area contributed by atoms with Gasteiger partial charge in [-0.1, -0.05) is 30.7 Å². The molecule has 28 heavy (non-hydrogen) atoms. The van der Waals surface area contributed by atoms with Gasteiger partial charge in [-0.2, -0.15) is 0 Å². The molecule has 0 saturated heterocycles. The number of aromatic nitrogens is 2. The molecule has 2 heterocycles. The molecule has 10 nitrogen and oxygen atoms in total. The summed E-state index contributed by atoms with van der Waals surface area (Å²) in [6, 6.07) is 3.89. The fraction of sp³-hybridized carbons (Fsp3) is 0.353. The summed E-state index contributed by atoms with van der Waals surface area (Å²) in [6.45, 7) is 1.88. The Labute approximate surface area is 163 Å². The van der Waals surface area contributed by atoms with Crippen molar-refractivity contribution in [2.75, 3.05) is 11.9 Å². The van der Waals surface area contributed by atoms with E-state index in [9.17, 15) is 24.5 Å². The van der Waals surface area contributed by atoms with Crippen molar-refractivity contribution in [3.8, 4) is 0 Å². The lowest BCUT2D eigenvalue weighted by Crippen LogP contribution is -2.33. The lowest BCUT2D eigenvalue weighted by Gasteiger charge is -2.12. The lowest BCUT2D eigenvalue weighted by atomic mass is 10.1. The van der Waals surface area contributed by atoms with Crippen LogP contribution in [0.4, 0.5) is 10.8 Å². The van der Waals surface area contributed by atoms with Crippen molar-refractivity contribution in [3.05, 3.63) is 44.4 Å². The van der Waals surface area contributed by atoms with E-state index in [-0.39, 0.29) is 24.1 Å². The highest BCUT2D eigenvalue weighted by atomic mass is 32.1. The first-order chi connectivity index (χ1) is 13.4. The van der Waals surface area contributed by atoms with Gasteiger partial charge < -0.3 is 5.32 Å². The highest BCUT2D eigenvalue weighted by Crippen LogP contribution is 2.30. The summed E-state index contributed by atoms with van der Waals surface area (Å²) >= 11 is 1.28. The number of rotatable bonds is 8. The number of fused-ring (bicyclic) bond motifs is 1. The average molecular weight is 403 g/mol. The SMILES string of the molecule is CCCCc1nnc(NC(=O)CCN2C(=O)c3cccc([N+](=O)[O-])c3C2=O)s1. The van der Waals surface area contributed by atoms with Crippen LogP contribution in [-0.2, 0) is 11.2 Å². The van der Waals surface area contributed by atoms with Gasteiger partial charge in [0.05, 0.1) is 10.5 Å². The zero-order valence-electron chi connectivity index (χ0n) is 15.0. The van der Waals surface area contributed by atoms with E-state index in [0.717, 1.165) is 29.2 Å². The molecule has 1 aliphatic heterocycles. The quantitative estimate of drug-likeness (QED) is 0.406. The fourth-order valence-electron chi connectivity index (χ4n) is 2.80. The number of carbonyl (C=O) groups excluding carboxylic acids is 3. The number of nitrogens with zero attached hydrogens (tertiary/aromatic N) is 4. The predicted octanol–water partition coefficient (Wildman–Crippen LogP) is 2.41. The van der Waals surface area contributed by atoms with Crippen LogP contribution in [-0.4, -0.2) is 44.3 Å². The number of unbranched alkanes of at least 4 members (excludes halogenated alkanes) is 1. The second-order valence-corrected chi connectivity index (χ2v) is 7.18. The van der Waals surface area contributed by atoms with Crippen molar-refractivity contribution in [2.24, 2.45) is 0 Å². The smallest absolute Gasteiger partial charge is 0.282 e. The van der Waals surface area contributed by atoms with Crippen molar-refractivity contribution in [3.63, 3.8) is 0 Å². The summed E-state index contributed by atoms with van der Waals surface area (Å²) in [5.41, 5.74) is -0.678. The molecular weight excluding hydrogens is 386 g/mol. The Morgan fingerprint density at radius 1 is 1.29 bits per heavy atom. The Balaban J connectivity index is 1.62. The number of hydrogen-bond donors (Lipinski definition) is 1. The minimum atomic E-state index is -0.766. The number of anilines is 1. The second kappa shape index (κ2) is 8.21. The number of benzene rings is 1. The number of nitro groups is 1. The molecule has 0 spiro atoms. The zero-order chi connectivity index (χ0) is 20.3. The average Bonchev–Trinajstić information content (AvgIpc) is 3.21. The van der Waals surface area contributed by atoms with Gasteiger partial charge in [0.25, 0.3) is 17.5 Å². The van der Waals surface area contributed by atoms with Crippen LogP contribution < -0.4 is 5.32 Å². The molecule has 0 fully saturated rings. The first-order valence-corrected chi connectivity index (χ1v) is 9.49. The maximum Gasteiger partial charge on any atom is 0.282 e. The highest BCUT2D eigenvalue weighted by molar-refractivity contribution is 7.15. The number of amides is 3. The molecule has 2 aromatic rings. The summed E-state index contributed by atoms with van der Waals surface area (Å²) in [6.07, 6.45) is 2.65. The number of nitrogens with one attached hydrogen (secondary N) is 1. The van der Waals surface area contributed by atoms with Crippen LogP contribution in [0.5, 0.6) is 0 Å². The Hall–Kier alpha value is -3.21. The maximum atomic E-state index is 12.5. The van der Waals surface area contributed by atoms with Crippen LogP contribution in [0, 0.1) is 10.1 Å². The molecule has 146 valence electrons. The van der Waals surface area contributed by atoms with Gasteiger partial charge in [-0.15, -0.1) is 10.2 Å². The van der Waals surface area contributed by atoms with Gasteiger partial charge in [0.15, 0.2) is 0 Å². The molecule has 0 radical (unpaired) electrons. The molecular formula is C17H17N5O5S. The first kappa shape index (κ1) is 19.5. The lowest BCUT2D eigenvalue weighted by molar-refractivity contribution is -0.385. The van der Waals surface area contributed by atoms with Crippen molar-refractivity contribution in [1.29, 1.82) is 0 Å². The Kier molecular flexibility index (Phi) is 5.73. The molecule has 1 aromatic carbocycles. The molecule has 1 aliphatic rings. The van der Waals surface area contributed by atoms with E-state index in [1.54, 1.807) is 0 Å². The van der Waals surface area contributed by atoms with Crippen LogP contribution in [0.15, 0.2) is 18.2 Å². The standard InChI is InChI=1S/C17H17N5O5S/c1-2-3-7-13-19-20-17(28-13)18-12(23)8-9-21-15(24)10-5-4-6-11(22(26)27)14(10)16(21)25/h4-6H,2-3,7-9H2,1H3,(H,18,20,23). The molecule has 11 heteroatoms. The number of aryl methyl sites for hydroxylation is 1. The Bertz CT molecular complexity index is 957. The number of nitro benzene ring substituents is 1. The van der Waals surface area contributed by atoms with Crippen LogP contribution in [0.3, 0.4) is 0 Å². The zero-order valence-corrected chi connectivity index (χ0v) is 15.8. The summed E-state index contributed by atoms with van der Waals surface area (Å²) < 4.78 is 0. The summed E-state index contributed by atoms with van der Waals surface area (Å²) in [7, 11) is 0. The van der Waals surface area contributed by atoms with E-state index in [1.165, 1.54) is 29.5 Å². The number of imide groups is 1. The van der Waals surface area contributed by atoms with Crippen LogP contribution in [0.2, 0.25) is 0 Å². The van der Waals surface area contributed by atoms with E-state index in [1.807, 2.05) is 0 Å². The summed E-state index contributed by atoms with van der Waals surface area (Å²) in [5, 5.41) is 22.8. The van der Waals surface area contributed by atoms with Gasteiger partial charge in [0.2, 0.25) is 11.0 Å². The molecule has 0 unspecified atom stereocenters. The Morgan fingerprint density at radius 2 is 2.07 bits per heavy atom. The molecule has 1 N–H and O–H groups in total. The van der Waals surface area contributed by atoms with Crippen molar-refractivity contribution < 1.29 is 19.3 Å². The first-order valence-electron chi connectivity index (χ1n) is 8.68. The van der Waals surface area contributed by atoms with E-state index >= 15 is 0 Å². The van der Waals surface area contributed by atoms with Crippen LogP contribution in [0.1, 0.15) is 51.9 Å². The molecule has 3 amide bonds. The van der Waals surface area contributed by atoms with E-state index in [2.05, 4.69) is 22.4 Å². The van der Waals surface area contributed by atoms with Gasteiger partial charge >= 0.3 is 0 Å². The van der Waals surface area contributed by atoms with Gasteiger partial charge in [-0.3, -0.25) is 29.4 Å². The molecule has 0 saturated carbocycles. The number of hydrogen-bond acceptors (Lipinski definition) is 8. The van der Waals surface area contributed by atoms with Crippen LogP contribution >= 0.6 is 11.3 Å². The molecule has 1 aromatic heterocycles. The highest BCUT2D eigenvalue weighted by Gasteiger charge is 2.40. The second-order valence-electron chi connectivity index (χ2n) is 6.12. The third-order valence-electron chi connectivity index (χ3n) is 4.19. The summed E-state index contributed by atoms with van der Waals surface area (Å²) in [5.74, 6) is -1.84. The van der Waals surface area contributed by atoms with E-state index < -0.39 is 28.3 Å². The van der Waals surface area contributed by atoms with Crippen molar-refractivity contribution in [2.45, 2.75) is 32.6 Å². The molecule has 3 rings (SSSR count). The minimum Gasteiger partial charge on any atom is -0.300 e. The predicted molar refractivity (Wildman–Crippen MR) is 100 cm³/mol. The monoisotopic (exact) mass is 403 g/mol. The van der Waals surface area contributed by atoms with Gasteiger partial charge in [-0.25, -0.2) is 0 Å². The van der Waals surface area contributed by atoms with Gasteiger partial charge in [-0.05, 0) is 12.5 Å². The topological polar surface area (TPSA) is 135 Å². The van der Waals surface area contributed by atoms with Gasteiger partial charge in [0, 0.05) is 25.5 Å². The van der Waals surface area contributed by atoms with Crippen molar-refractivity contribution in [1.82, 2.24) is 15.1 Å². The normalized spacial score (nSPS) is 13.0.